The molecule has 0 saturated heterocycles. The standard InChI is InChI=1S/C8H15N3/c1-10(2)6-4-8-11-7-3-5-9-11/h3,5,7H,4,6,8H2,1-2H3. The zero-order valence-electron chi connectivity index (χ0n) is 7.20. The summed E-state index contributed by atoms with van der Waals surface area (Å²) in [5.41, 5.74) is 0. The Kier molecular flexibility index (Phi) is 3.11. The molecular weight excluding hydrogens is 138 g/mol. The highest BCUT2D eigenvalue weighted by Crippen LogP contribution is 1.89. The first-order valence-corrected chi connectivity index (χ1v) is 3.91. The molecule has 0 aliphatic heterocycles. The summed E-state index contributed by atoms with van der Waals surface area (Å²) in [6.45, 7) is 2.14. The Morgan fingerprint density at radius 3 is 2.82 bits per heavy atom. The van der Waals surface area contributed by atoms with Gasteiger partial charge in [-0.05, 0) is 33.1 Å². The van der Waals surface area contributed by atoms with E-state index in [1.165, 1.54) is 0 Å². The Labute approximate surface area is 67.6 Å². The molecule has 3 heteroatoms. The first kappa shape index (κ1) is 8.27. The number of hydrogen-bond donors (Lipinski definition) is 0. The number of rotatable bonds is 4. The molecule has 0 saturated carbocycles. The second-order valence-corrected chi connectivity index (χ2v) is 2.93. The summed E-state index contributed by atoms with van der Waals surface area (Å²) in [6, 6.07) is 1.95. The molecule has 11 heavy (non-hydrogen) atoms. The van der Waals surface area contributed by atoms with Gasteiger partial charge in [0.2, 0.25) is 0 Å². The fourth-order valence-corrected chi connectivity index (χ4v) is 0.982. The minimum atomic E-state index is 1.02. The lowest BCUT2D eigenvalue weighted by Gasteiger charge is -2.08. The molecule has 1 aromatic rings. The fourth-order valence-electron chi connectivity index (χ4n) is 0.982. The Morgan fingerprint density at radius 1 is 1.45 bits per heavy atom. The summed E-state index contributed by atoms with van der Waals surface area (Å²) >= 11 is 0. The first-order valence-electron chi connectivity index (χ1n) is 3.91. The summed E-state index contributed by atoms with van der Waals surface area (Å²) in [6.07, 6.45) is 4.97. The van der Waals surface area contributed by atoms with E-state index >= 15 is 0 Å². The summed E-state index contributed by atoms with van der Waals surface area (Å²) in [5, 5.41) is 4.11. The predicted octanol–water partition coefficient (Wildman–Crippen LogP) is 0.835. The molecule has 0 amide bonds. The van der Waals surface area contributed by atoms with Crippen molar-refractivity contribution >= 4 is 0 Å². The average molecular weight is 153 g/mol. The first-order chi connectivity index (χ1) is 5.29. The van der Waals surface area contributed by atoms with Crippen LogP contribution >= 0.6 is 0 Å². The average Bonchev–Trinajstić information content (AvgIpc) is 2.39. The van der Waals surface area contributed by atoms with E-state index in [1.807, 2.05) is 23.1 Å². The third-order valence-electron chi connectivity index (χ3n) is 1.55. The van der Waals surface area contributed by atoms with Gasteiger partial charge in [-0.2, -0.15) is 5.10 Å². The van der Waals surface area contributed by atoms with Crippen molar-refractivity contribution in [3.05, 3.63) is 18.5 Å². The number of hydrogen-bond acceptors (Lipinski definition) is 2. The van der Waals surface area contributed by atoms with Crippen molar-refractivity contribution in [2.75, 3.05) is 20.6 Å². The molecule has 1 aromatic heterocycles. The van der Waals surface area contributed by atoms with Crippen molar-refractivity contribution in [2.24, 2.45) is 0 Å². The van der Waals surface area contributed by atoms with Gasteiger partial charge in [0.25, 0.3) is 0 Å². The van der Waals surface area contributed by atoms with Crippen molar-refractivity contribution in [3.8, 4) is 0 Å². The Balaban J connectivity index is 2.14. The van der Waals surface area contributed by atoms with E-state index in [2.05, 4.69) is 24.1 Å². The molecule has 1 heterocycles. The second-order valence-electron chi connectivity index (χ2n) is 2.93. The van der Waals surface area contributed by atoms with Crippen LogP contribution in [-0.4, -0.2) is 35.3 Å². The highest BCUT2D eigenvalue weighted by Gasteiger charge is 1.91. The summed E-state index contributed by atoms with van der Waals surface area (Å²) < 4.78 is 1.96. The van der Waals surface area contributed by atoms with Gasteiger partial charge in [-0.3, -0.25) is 4.68 Å². The molecule has 0 aromatic carbocycles. The van der Waals surface area contributed by atoms with Crippen LogP contribution in [0.2, 0.25) is 0 Å². The molecule has 3 nitrogen and oxygen atoms in total. The third-order valence-corrected chi connectivity index (χ3v) is 1.55. The van der Waals surface area contributed by atoms with Gasteiger partial charge in [-0.1, -0.05) is 0 Å². The number of aromatic nitrogens is 2. The zero-order chi connectivity index (χ0) is 8.10. The van der Waals surface area contributed by atoms with Gasteiger partial charge in [-0.15, -0.1) is 0 Å². The minimum absolute atomic E-state index is 1.02. The maximum absolute atomic E-state index is 4.11. The molecule has 0 aliphatic rings. The SMILES string of the molecule is CN(C)CCCn1cccn1. The van der Waals surface area contributed by atoms with E-state index in [9.17, 15) is 0 Å². The fraction of sp³-hybridized carbons (Fsp3) is 0.625. The van der Waals surface area contributed by atoms with Gasteiger partial charge in [0.05, 0.1) is 0 Å². The molecule has 0 unspecified atom stereocenters. The Bertz CT molecular complexity index is 179. The maximum Gasteiger partial charge on any atom is 0.0489 e. The van der Waals surface area contributed by atoms with E-state index < -0.39 is 0 Å². The van der Waals surface area contributed by atoms with Crippen LogP contribution in [0.4, 0.5) is 0 Å². The minimum Gasteiger partial charge on any atom is -0.309 e. The highest BCUT2D eigenvalue weighted by molar-refractivity contribution is 4.77. The summed E-state index contributed by atoms with van der Waals surface area (Å²) in [7, 11) is 4.17. The van der Waals surface area contributed by atoms with Crippen molar-refractivity contribution in [2.45, 2.75) is 13.0 Å². The molecule has 0 bridgehead atoms. The molecule has 0 fully saturated rings. The molecule has 0 spiro atoms. The molecule has 1 rings (SSSR count). The quantitative estimate of drug-likeness (QED) is 0.639. The molecular formula is C8H15N3. The Hall–Kier alpha value is -0.830. The van der Waals surface area contributed by atoms with Gasteiger partial charge in [-0.25, -0.2) is 0 Å². The second kappa shape index (κ2) is 4.13. The third kappa shape index (κ3) is 3.18. The van der Waals surface area contributed by atoms with Crippen molar-refractivity contribution in [3.63, 3.8) is 0 Å². The van der Waals surface area contributed by atoms with Crippen molar-refractivity contribution < 1.29 is 0 Å². The lowest BCUT2D eigenvalue weighted by molar-refractivity contribution is 0.380. The monoisotopic (exact) mass is 153 g/mol. The maximum atomic E-state index is 4.11. The zero-order valence-corrected chi connectivity index (χ0v) is 7.20. The van der Waals surface area contributed by atoms with E-state index in [0.717, 1.165) is 19.5 Å². The van der Waals surface area contributed by atoms with Crippen LogP contribution in [0, 0.1) is 0 Å². The molecule has 0 atom stereocenters. The van der Waals surface area contributed by atoms with Crippen LogP contribution in [0.25, 0.3) is 0 Å². The Morgan fingerprint density at radius 2 is 2.27 bits per heavy atom. The van der Waals surface area contributed by atoms with Crippen LogP contribution in [0.1, 0.15) is 6.42 Å². The van der Waals surface area contributed by atoms with Crippen LogP contribution < -0.4 is 0 Å². The highest BCUT2D eigenvalue weighted by atomic mass is 15.3. The lowest BCUT2D eigenvalue weighted by Crippen LogP contribution is -2.15. The summed E-state index contributed by atoms with van der Waals surface area (Å²) in [5.74, 6) is 0. The van der Waals surface area contributed by atoms with E-state index in [4.69, 9.17) is 0 Å². The normalized spacial score (nSPS) is 10.8. The number of aryl methyl sites for hydroxylation is 1. The van der Waals surface area contributed by atoms with Crippen molar-refractivity contribution in [1.29, 1.82) is 0 Å². The smallest absolute Gasteiger partial charge is 0.0489 e. The van der Waals surface area contributed by atoms with Gasteiger partial charge < -0.3 is 4.90 Å². The lowest BCUT2D eigenvalue weighted by atomic mass is 10.4. The topological polar surface area (TPSA) is 21.1 Å². The van der Waals surface area contributed by atoms with E-state index in [0.29, 0.717) is 0 Å². The molecule has 62 valence electrons. The van der Waals surface area contributed by atoms with Crippen LogP contribution in [-0.2, 0) is 6.54 Å². The van der Waals surface area contributed by atoms with Crippen LogP contribution in [0.3, 0.4) is 0 Å². The van der Waals surface area contributed by atoms with Gasteiger partial charge in [0, 0.05) is 18.9 Å². The van der Waals surface area contributed by atoms with Crippen LogP contribution in [0.15, 0.2) is 18.5 Å². The van der Waals surface area contributed by atoms with E-state index in [1.54, 1.807) is 0 Å². The van der Waals surface area contributed by atoms with Gasteiger partial charge >= 0.3 is 0 Å². The molecule has 0 N–H and O–H groups in total. The van der Waals surface area contributed by atoms with E-state index in [-0.39, 0.29) is 0 Å². The van der Waals surface area contributed by atoms with Gasteiger partial charge in [0.15, 0.2) is 0 Å². The van der Waals surface area contributed by atoms with Crippen molar-refractivity contribution in [1.82, 2.24) is 14.7 Å². The largest absolute Gasteiger partial charge is 0.309 e. The summed E-state index contributed by atoms with van der Waals surface area (Å²) in [4.78, 5) is 2.18. The molecule has 0 aliphatic carbocycles. The predicted molar refractivity (Wildman–Crippen MR) is 45.4 cm³/mol. The number of nitrogens with zero attached hydrogens (tertiary/aromatic N) is 3. The van der Waals surface area contributed by atoms with Crippen LogP contribution in [0.5, 0.6) is 0 Å². The van der Waals surface area contributed by atoms with Gasteiger partial charge in [0.1, 0.15) is 0 Å². The molecule has 0 radical (unpaired) electrons.